The van der Waals surface area contributed by atoms with Crippen LogP contribution < -0.4 is 14.4 Å². The van der Waals surface area contributed by atoms with E-state index in [1.165, 1.54) is 0 Å². The Hall–Kier alpha value is -3.06. The van der Waals surface area contributed by atoms with Crippen LogP contribution in [-0.2, 0) is 4.79 Å². The quantitative estimate of drug-likeness (QED) is 0.622. The molecule has 1 aliphatic heterocycles. The van der Waals surface area contributed by atoms with Crippen molar-refractivity contribution in [2.45, 2.75) is 19.3 Å². The first kappa shape index (κ1) is 19.3. The lowest BCUT2D eigenvalue weighted by Gasteiger charge is -2.17. The summed E-state index contributed by atoms with van der Waals surface area (Å²) in [6.45, 7) is 2.40. The number of ether oxygens (including phenoxy) is 2. The van der Waals surface area contributed by atoms with Gasteiger partial charge in [0.1, 0.15) is 0 Å². The molecule has 1 aromatic heterocycles. The zero-order valence-corrected chi connectivity index (χ0v) is 17.1. The summed E-state index contributed by atoms with van der Waals surface area (Å²) in [7, 11) is 3.14. The summed E-state index contributed by atoms with van der Waals surface area (Å²) in [6.07, 6.45) is 0.316. The van der Waals surface area contributed by atoms with Crippen LogP contribution in [0.25, 0.3) is 11.5 Å². The van der Waals surface area contributed by atoms with Gasteiger partial charge in [-0.2, -0.15) is 4.98 Å². The highest BCUT2D eigenvalue weighted by atomic mass is 35.5. The molecule has 0 bridgehead atoms. The van der Waals surface area contributed by atoms with Gasteiger partial charge in [-0.05, 0) is 42.8 Å². The first-order valence-electron chi connectivity index (χ1n) is 9.12. The van der Waals surface area contributed by atoms with Gasteiger partial charge < -0.3 is 18.9 Å². The van der Waals surface area contributed by atoms with E-state index in [-0.39, 0.29) is 11.8 Å². The number of amides is 1. The van der Waals surface area contributed by atoms with Crippen LogP contribution in [0.3, 0.4) is 0 Å². The largest absolute Gasteiger partial charge is 0.493 e. The summed E-state index contributed by atoms with van der Waals surface area (Å²) in [6, 6.07) is 11.0. The van der Waals surface area contributed by atoms with E-state index in [2.05, 4.69) is 10.1 Å². The minimum Gasteiger partial charge on any atom is -0.493 e. The van der Waals surface area contributed by atoms with Gasteiger partial charge in [0, 0.05) is 35.2 Å². The van der Waals surface area contributed by atoms with Crippen LogP contribution in [0.2, 0.25) is 5.02 Å². The molecule has 29 heavy (non-hydrogen) atoms. The molecule has 0 saturated carbocycles. The van der Waals surface area contributed by atoms with Gasteiger partial charge in [0.15, 0.2) is 17.3 Å². The van der Waals surface area contributed by atoms with E-state index in [0.717, 1.165) is 11.3 Å². The number of halogens is 1. The molecular formula is C21H20ClN3O4. The fourth-order valence-corrected chi connectivity index (χ4v) is 3.54. The molecule has 2 heterocycles. The number of rotatable bonds is 5. The molecule has 8 heteroatoms. The monoisotopic (exact) mass is 413 g/mol. The molecule has 3 aromatic rings. The third-order valence-corrected chi connectivity index (χ3v) is 5.44. The maximum Gasteiger partial charge on any atom is 0.258 e. The smallest absolute Gasteiger partial charge is 0.258 e. The third-order valence-electron chi connectivity index (χ3n) is 5.03. The Bertz CT molecular complexity index is 1070. The van der Waals surface area contributed by atoms with E-state index >= 15 is 0 Å². The lowest BCUT2D eigenvalue weighted by atomic mass is 10.1. The van der Waals surface area contributed by atoms with E-state index in [1.807, 2.05) is 31.2 Å². The molecule has 1 atom stereocenters. The number of hydrogen-bond acceptors (Lipinski definition) is 6. The molecule has 4 rings (SSSR count). The first-order valence-corrected chi connectivity index (χ1v) is 9.50. The number of aromatic nitrogens is 2. The van der Waals surface area contributed by atoms with E-state index < -0.39 is 0 Å². The van der Waals surface area contributed by atoms with Crippen LogP contribution in [0, 0.1) is 6.92 Å². The highest BCUT2D eigenvalue weighted by Gasteiger charge is 2.34. The molecule has 1 aliphatic rings. The van der Waals surface area contributed by atoms with Gasteiger partial charge in [0.05, 0.1) is 14.2 Å². The van der Waals surface area contributed by atoms with Gasteiger partial charge in [0.25, 0.3) is 5.89 Å². The summed E-state index contributed by atoms with van der Waals surface area (Å²) in [4.78, 5) is 18.8. The fraction of sp³-hybridized carbons (Fsp3) is 0.286. The number of methoxy groups -OCH3 is 2. The van der Waals surface area contributed by atoms with Crippen molar-refractivity contribution in [3.05, 3.63) is 52.8 Å². The molecule has 7 nitrogen and oxygen atoms in total. The van der Waals surface area contributed by atoms with Crippen molar-refractivity contribution >= 4 is 23.2 Å². The average Bonchev–Trinajstić information content (AvgIpc) is 3.36. The predicted octanol–water partition coefficient (Wildman–Crippen LogP) is 4.24. The van der Waals surface area contributed by atoms with Crippen molar-refractivity contribution in [2.75, 3.05) is 25.7 Å². The van der Waals surface area contributed by atoms with Gasteiger partial charge >= 0.3 is 0 Å². The molecule has 0 spiro atoms. The Morgan fingerprint density at radius 3 is 2.66 bits per heavy atom. The van der Waals surface area contributed by atoms with Crippen LogP contribution in [0.5, 0.6) is 11.5 Å². The molecule has 0 N–H and O–H groups in total. The highest BCUT2D eigenvalue weighted by molar-refractivity contribution is 6.31. The van der Waals surface area contributed by atoms with E-state index in [1.54, 1.807) is 31.3 Å². The number of benzene rings is 2. The fourth-order valence-electron chi connectivity index (χ4n) is 3.37. The number of carbonyl (C=O) groups excluding carboxylic acids is 1. The van der Waals surface area contributed by atoms with Crippen LogP contribution in [0.4, 0.5) is 5.69 Å². The van der Waals surface area contributed by atoms with Gasteiger partial charge in [-0.1, -0.05) is 22.8 Å². The SMILES string of the molecule is COc1ccc(-c2nc(C3CC(=O)N(c4ccc(C)c(Cl)c4)C3)no2)cc1OC. The van der Waals surface area contributed by atoms with Crippen molar-refractivity contribution in [2.24, 2.45) is 0 Å². The van der Waals surface area contributed by atoms with Crippen molar-refractivity contribution in [3.63, 3.8) is 0 Å². The second kappa shape index (κ2) is 7.75. The summed E-state index contributed by atoms with van der Waals surface area (Å²) in [5.41, 5.74) is 2.46. The Morgan fingerprint density at radius 1 is 1.14 bits per heavy atom. The number of anilines is 1. The lowest BCUT2D eigenvalue weighted by Crippen LogP contribution is -2.24. The van der Waals surface area contributed by atoms with E-state index in [0.29, 0.717) is 46.8 Å². The standard InChI is InChI=1S/C21H20ClN3O4/c1-12-4-6-15(10-16(12)22)25-11-14(9-19(25)26)20-23-21(29-24-20)13-5-7-17(27-2)18(8-13)28-3/h4-8,10,14H,9,11H2,1-3H3. The predicted molar refractivity (Wildman–Crippen MR) is 109 cm³/mol. The third kappa shape index (κ3) is 3.65. The maximum absolute atomic E-state index is 12.6. The van der Waals surface area contributed by atoms with Gasteiger partial charge in [-0.25, -0.2) is 0 Å². The molecule has 1 saturated heterocycles. The Balaban J connectivity index is 1.56. The Labute approximate surface area is 173 Å². The minimum absolute atomic E-state index is 0.00684. The number of nitrogens with zero attached hydrogens (tertiary/aromatic N) is 3. The molecule has 1 fully saturated rings. The molecule has 0 radical (unpaired) electrons. The van der Waals surface area contributed by atoms with Crippen LogP contribution in [0.15, 0.2) is 40.9 Å². The number of aryl methyl sites for hydroxylation is 1. The van der Waals surface area contributed by atoms with Crippen LogP contribution in [0.1, 0.15) is 23.7 Å². The second-order valence-electron chi connectivity index (χ2n) is 6.87. The number of hydrogen-bond donors (Lipinski definition) is 0. The molecule has 1 amide bonds. The molecule has 2 aromatic carbocycles. The highest BCUT2D eigenvalue weighted by Crippen LogP contribution is 2.35. The Morgan fingerprint density at radius 2 is 1.93 bits per heavy atom. The van der Waals surface area contributed by atoms with Crippen LogP contribution >= 0.6 is 11.6 Å². The molecular weight excluding hydrogens is 394 g/mol. The summed E-state index contributed by atoms with van der Waals surface area (Å²) in [5, 5.41) is 4.74. The maximum atomic E-state index is 12.6. The van der Waals surface area contributed by atoms with Crippen molar-refractivity contribution in [3.8, 4) is 23.0 Å². The molecule has 0 aliphatic carbocycles. The van der Waals surface area contributed by atoms with Crippen molar-refractivity contribution in [1.82, 2.24) is 10.1 Å². The van der Waals surface area contributed by atoms with Crippen molar-refractivity contribution < 1.29 is 18.8 Å². The van der Waals surface area contributed by atoms with Crippen molar-refractivity contribution in [1.29, 1.82) is 0 Å². The van der Waals surface area contributed by atoms with E-state index in [4.69, 9.17) is 25.6 Å². The molecule has 150 valence electrons. The number of carbonyl (C=O) groups is 1. The Kier molecular flexibility index (Phi) is 5.15. The van der Waals surface area contributed by atoms with Gasteiger partial charge in [0.2, 0.25) is 5.91 Å². The van der Waals surface area contributed by atoms with Crippen LogP contribution in [-0.4, -0.2) is 36.8 Å². The normalized spacial score (nSPS) is 16.3. The minimum atomic E-state index is -0.153. The summed E-state index contributed by atoms with van der Waals surface area (Å²) < 4.78 is 16.0. The molecule has 1 unspecified atom stereocenters. The second-order valence-corrected chi connectivity index (χ2v) is 7.27. The summed E-state index contributed by atoms with van der Waals surface area (Å²) in [5.74, 6) is 1.91. The zero-order chi connectivity index (χ0) is 20.5. The zero-order valence-electron chi connectivity index (χ0n) is 16.3. The van der Waals surface area contributed by atoms with E-state index in [9.17, 15) is 4.79 Å². The average molecular weight is 414 g/mol. The van der Waals surface area contributed by atoms with Gasteiger partial charge in [-0.3, -0.25) is 4.79 Å². The first-order chi connectivity index (χ1) is 14.0. The van der Waals surface area contributed by atoms with Gasteiger partial charge in [-0.15, -0.1) is 0 Å². The lowest BCUT2D eigenvalue weighted by molar-refractivity contribution is -0.117. The summed E-state index contributed by atoms with van der Waals surface area (Å²) >= 11 is 6.21. The topological polar surface area (TPSA) is 77.7 Å².